The van der Waals surface area contributed by atoms with E-state index < -0.39 is 0 Å². The lowest BCUT2D eigenvalue weighted by Gasteiger charge is -2.03. The molecule has 0 spiro atoms. The van der Waals surface area contributed by atoms with Gasteiger partial charge in [-0.05, 0) is 42.8 Å². The van der Waals surface area contributed by atoms with Gasteiger partial charge in [-0.25, -0.2) is 0 Å². The highest BCUT2D eigenvalue weighted by Crippen LogP contribution is 2.27. The summed E-state index contributed by atoms with van der Waals surface area (Å²) >= 11 is 1.73. The summed E-state index contributed by atoms with van der Waals surface area (Å²) in [6.45, 7) is 2.37. The van der Waals surface area contributed by atoms with Crippen LogP contribution in [-0.4, -0.2) is 6.21 Å². The summed E-state index contributed by atoms with van der Waals surface area (Å²) in [6, 6.07) is 26.1. The Bertz CT molecular complexity index is 926. The van der Waals surface area contributed by atoms with Gasteiger partial charge in [0.1, 0.15) is 6.61 Å². The summed E-state index contributed by atoms with van der Waals surface area (Å²) in [5, 5.41) is 13.0. The van der Waals surface area contributed by atoms with Crippen molar-refractivity contribution < 1.29 is 4.84 Å². The Labute approximate surface area is 157 Å². The zero-order chi connectivity index (χ0) is 18.2. The van der Waals surface area contributed by atoms with Crippen LogP contribution in [0.5, 0.6) is 0 Å². The third-order valence-corrected chi connectivity index (χ3v) is 4.79. The van der Waals surface area contributed by atoms with Crippen molar-refractivity contribution in [1.29, 1.82) is 5.26 Å². The summed E-state index contributed by atoms with van der Waals surface area (Å²) in [5.41, 5.74) is 3.67. The number of rotatable bonds is 6. The van der Waals surface area contributed by atoms with Gasteiger partial charge in [0.25, 0.3) is 0 Å². The standard InChI is InChI=1S/C22H18N2OS/c1-17-6-10-21(11-7-17)26-22-12-8-18(9-13-22)15-24-25-16-20-5-3-2-4-19(20)14-23/h2-13,15H,16H2,1H3/b24-15-. The summed E-state index contributed by atoms with van der Waals surface area (Å²) < 4.78 is 0. The van der Waals surface area contributed by atoms with Crippen LogP contribution in [0.2, 0.25) is 0 Å². The Kier molecular flexibility index (Phi) is 6.08. The molecule has 0 aromatic heterocycles. The molecule has 0 N–H and O–H groups in total. The molecular formula is C22H18N2OS. The fourth-order valence-electron chi connectivity index (χ4n) is 2.32. The summed E-state index contributed by atoms with van der Waals surface area (Å²) in [7, 11) is 0. The average molecular weight is 358 g/mol. The van der Waals surface area contributed by atoms with Crippen molar-refractivity contribution in [3.8, 4) is 6.07 Å². The van der Waals surface area contributed by atoms with E-state index in [2.05, 4.69) is 54.5 Å². The first-order valence-corrected chi connectivity index (χ1v) is 9.04. The zero-order valence-corrected chi connectivity index (χ0v) is 15.2. The van der Waals surface area contributed by atoms with Crippen LogP contribution in [0.3, 0.4) is 0 Å². The third kappa shape index (κ3) is 4.98. The zero-order valence-electron chi connectivity index (χ0n) is 14.4. The first-order valence-electron chi connectivity index (χ1n) is 8.22. The molecule has 0 bridgehead atoms. The van der Waals surface area contributed by atoms with Crippen molar-refractivity contribution in [1.82, 2.24) is 0 Å². The van der Waals surface area contributed by atoms with Gasteiger partial charge in [-0.15, -0.1) is 0 Å². The van der Waals surface area contributed by atoms with Crippen LogP contribution in [0.15, 0.2) is 87.7 Å². The lowest BCUT2D eigenvalue weighted by atomic mass is 10.1. The molecule has 26 heavy (non-hydrogen) atoms. The van der Waals surface area contributed by atoms with E-state index in [0.29, 0.717) is 5.56 Å². The van der Waals surface area contributed by atoms with Gasteiger partial charge in [0, 0.05) is 15.4 Å². The maximum absolute atomic E-state index is 9.05. The molecule has 0 radical (unpaired) electrons. The molecule has 3 aromatic carbocycles. The van der Waals surface area contributed by atoms with Crippen LogP contribution in [-0.2, 0) is 11.4 Å². The minimum atomic E-state index is 0.279. The van der Waals surface area contributed by atoms with Gasteiger partial charge in [-0.3, -0.25) is 0 Å². The fraction of sp³-hybridized carbons (Fsp3) is 0.0909. The minimum absolute atomic E-state index is 0.279. The second-order valence-corrected chi connectivity index (χ2v) is 6.91. The molecule has 3 aromatic rings. The molecule has 3 rings (SSSR count). The molecule has 0 saturated carbocycles. The van der Waals surface area contributed by atoms with Crippen LogP contribution in [0, 0.1) is 18.3 Å². The number of nitriles is 1. The van der Waals surface area contributed by atoms with Crippen LogP contribution in [0.25, 0.3) is 0 Å². The van der Waals surface area contributed by atoms with Crippen molar-refractivity contribution in [3.63, 3.8) is 0 Å². The first-order chi connectivity index (χ1) is 12.7. The highest BCUT2D eigenvalue weighted by Gasteiger charge is 2.00. The van der Waals surface area contributed by atoms with E-state index in [0.717, 1.165) is 11.1 Å². The van der Waals surface area contributed by atoms with Crippen molar-refractivity contribution in [2.24, 2.45) is 5.16 Å². The first kappa shape index (κ1) is 17.8. The maximum Gasteiger partial charge on any atom is 0.143 e. The summed E-state index contributed by atoms with van der Waals surface area (Å²) in [5.74, 6) is 0. The molecule has 0 aliphatic carbocycles. The SMILES string of the molecule is Cc1ccc(Sc2ccc(/C=N\OCc3ccccc3C#N)cc2)cc1. The fourth-order valence-corrected chi connectivity index (χ4v) is 3.14. The van der Waals surface area contributed by atoms with Gasteiger partial charge < -0.3 is 4.84 Å². The van der Waals surface area contributed by atoms with Crippen LogP contribution < -0.4 is 0 Å². The average Bonchev–Trinajstić information content (AvgIpc) is 2.68. The molecule has 0 aliphatic heterocycles. The van der Waals surface area contributed by atoms with Gasteiger partial charge in [0.05, 0.1) is 17.8 Å². The summed E-state index contributed by atoms with van der Waals surface area (Å²) in [6.07, 6.45) is 1.68. The second kappa shape index (κ2) is 8.89. The van der Waals surface area contributed by atoms with E-state index in [4.69, 9.17) is 10.1 Å². The normalized spacial score (nSPS) is 10.6. The van der Waals surface area contributed by atoms with Gasteiger partial charge in [0.15, 0.2) is 0 Å². The molecule has 128 valence electrons. The van der Waals surface area contributed by atoms with Crippen molar-refractivity contribution in [2.45, 2.75) is 23.3 Å². The topological polar surface area (TPSA) is 45.4 Å². The van der Waals surface area contributed by atoms with Gasteiger partial charge in [-0.1, -0.05) is 64.9 Å². The molecule has 0 atom stereocenters. The van der Waals surface area contributed by atoms with E-state index in [1.165, 1.54) is 15.4 Å². The highest BCUT2D eigenvalue weighted by atomic mass is 32.2. The van der Waals surface area contributed by atoms with E-state index >= 15 is 0 Å². The maximum atomic E-state index is 9.05. The molecule has 0 amide bonds. The van der Waals surface area contributed by atoms with Gasteiger partial charge in [-0.2, -0.15) is 5.26 Å². The molecule has 4 heteroatoms. The molecular weight excluding hydrogens is 340 g/mol. The van der Waals surface area contributed by atoms with Crippen molar-refractivity contribution in [3.05, 3.63) is 95.1 Å². The molecule has 3 nitrogen and oxygen atoms in total. The molecule has 0 aliphatic rings. The lowest BCUT2D eigenvalue weighted by molar-refractivity contribution is 0.132. The minimum Gasteiger partial charge on any atom is -0.391 e. The number of hydrogen-bond acceptors (Lipinski definition) is 4. The van der Waals surface area contributed by atoms with E-state index in [-0.39, 0.29) is 6.61 Å². The Morgan fingerprint density at radius 2 is 1.62 bits per heavy atom. The Morgan fingerprint density at radius 3 is 2.31 bits per heavy atom. The van der Waals surface area contributed by atoms with Crippen LogP contribution >= 0.6 is 11.8 Å². The number of oxime groups is 1. The van der Waals surface area contributed by atoms with E-state index in [1.807, 2.05) is 30.3 Å². The predicted octanol–water partition coefficient (Wildman–Crippen LogP) is 5.57. The smallest absolute Gasteiger partial charge is 0.143 e. The Balaban J connectivity index is 1.54. The lowest BCUT2D eigenvalue weighted by Crippen LogP contribution is -1.92. The molecule has 0 fully saturated rings. The highest BCUT2D eigenvalue weighted by molar-refractivity contribution is 7.99. The van der Waals surface area contributed by atoms with Crippen molar-refractivity contribution in [2.75, 3.05) is 0 Å². The third-order valence-electron chi connectivity index (χ3n) is 3.77. The van der Waals surface area contributed by atoms with Gasteiger partial charge >= 0.3 is 0 Å². The number of benzene rings is 3. The molecule has 0 heterocycles. The Morgan fingerprint density at radius 1 is 0.962 bits per heavy atom. The molecule has 0 unspecified atom stereocenters. The largest absolute Gasteiger partial charge is 0.391 e. The summed E-state index contributed by atoms with van der Waals surface area (Å²) in [4.78, 5) is 7.71. The predicted molar refractivity (Wildman–Crippen MR) is 105 cm³/mol. The van der Waals surface area contributed by atoms with Crippen molar-refractivity contribution >= 4 is 18.0 Å². The van der Waals surface area contributed by atoms with Crippen LogP contribution in [0.4, 0.5) is 0 Å². The molecule has 0 saturated heterocycles. The Hall–Kier alpha value is -3.03. The number of hydrogen-bond donors (Lipinski definition) is 0. The number of nitrogens with zero attached hydrogens (tertiary/aromatic N) is 2. The quantitative estimate of drug-likeness (QED) is 0.427. The van der Waals surface area contributed by atoms with Crippen LogP contribution in [0.1, 0.15) is 22.3 Å². The second-order valence-electron chi connectivity index (χ2n) is 5.76. The van der Waals surface area contributed by atoms with E-state index in [9.17, 15) is 0 Å². The monoisotopic (exact) mass is 358 g/mol. The van der Waals surface area contributed by atoms with Gasteiger partial charge in [0.2, 0.25) is 0 Å². The van der Waals surface area contributed by atoms with E-state index in [1.54, 1.807) is 24.0 Å². The number of aryl methyl sites for hydroxylation is 1.